The van der Waals surface area contributed by atoms with E-state index in [-0.39, 0.29) is 42.7 Å². The van der Waals surface area contributed by atoms with Crippen molar-refractivity contribution in [3.63, 3.8) is 0 Å². The molecule has 0 aromatic carbocycles. The van der Waals surface area contributed by atoms with Crippen LogP contribution in [-0.4, -0.2) is 75.5 Å². The van der Waals surface area contributed by atoms with E-state index >= 15 is 0 Å². The summed E-state index contributed by atoms with van der Waals surface area (Å²) in [6, 6.07) is -0.720. The van der Waals surface area contributed by atoms with Gasteiger partial charge in [-0.05, 0) is 12.8 Å². The Hall–Kier alpha value is -1.67. The van der Waals surface area contributed by atoms with Gasteiger partial charge in [-0.3, -0.25) is 9.59 Å². The van der Waals surface area contributed by atoms with Crippen molar-refractivity contribution < 1.29 is 38.2 Å². The van der Waals surface area contributed by atoms with Crippen molar-refractivity contribution in [3.8, 4) is 0 Å². The van der Waals surface area contributed by atoms with Crippen LogP contribution in [0.4, 0.5) is 0 Å². The number of hydrogen-bond acceptors (Lipinski definition) is 7. The van der Waals surface area contributed by atoms with Crippen LogP contribution in [0.3, 0.4) is 0 Å². The summed E-state index contributed by atoms with van der Waals surface area (Å²) >= 11 is 0. The fourth-order valence-corrected chi connectivity index (χ4v) is 8.90. The molecule has 8 heteroatoms. The molecule has 0 rings (SSSR count). The molecule has 64 heavy (non-hydrogen) atoms. The van der Waals surface area contributed by atoms with Gasteiger partial charge in [0.25, 0.3) is 0 Å². The Morgan fingerprint density at radius 2 is 0.688 bits per heavy atom. The number of nitrogens with zero attached hydrogens (tertiary/aromatic N) is 1. The number of esters is 2. The minimum atomic E-state index is -1.12. The number of ether oxygens (including phenoxy) is 3. The van der Waals surface area contributed by atoms with Gasteiger partial charge in [0.05, 0.1) is 40.3 Å². The van der Waals surface area contributed by atoms with Crippen molar-refractivity contribution in [1.82, 2.24) is 0 Å². The summed E-state index contributed by atoms with van der Waals surface area (Å²) in [5.41, 5.74) is 0. The lowest BCUT2D eigenvalue weighted by Crippen LogP contribution is -2.55. The number of unbranched alkanes of at least 4 members (excludes halogenated alkanes) is 38. The molecule has 8 nitrogen and oxygen atoms in total. The Morgan fingerprint density at radius 3 is 0.969 bits per heavy atom. The van der Waals surface area contributed by atoms with Crippen LogP contribution in [0.25, 0.3) is 0 Å². The van der Waals surface area contributed by atoms with E-state index in [2.05, 4.69) is 13.8 Å². The average Bonchev–Trinajstić information content (AvgIpc) is 3.26. The molecule has 0 heterocycles. The summed E-state index contributed by atoms with van der Waals surface area (Å²) < 4.78 is 17.3. The standard InChI is InChI=1S/C56H109NO7/c1-6-8-10-12-14-16-18-20-22-24-25-26-27-28-29-30-31-33-35-37-39-41-43-45-47-55(59)64-52(50-62-49-48-53(56(60)61)57(3,4)5)51-63-54(58)46-44-42-40-38-36-34-32-23-21-19-17-15-13-11-9-7-2/h52-53H,6-51H2,1-5H3. The summed E-state index contributed by atoms with van der Waals surface area (Å²) in [6.45, 7) is 4.73. The molecule has 0 spiro atoms. The van der Waals surface area contributed by atoms with Crippen LogP contribution in [0.15, 0.2) is 0 Å². The smallest absolute Gasteiger partial charge is 0.306 e. The number of carbonyl (C=O) groups is 3. The first-order valence-corrected chi connectivity index (χ1v) is 28.1. The Kier molecular flexibility index (Phi) is 46.6. The molecular formula is C56H109NO7. The number of hydrogen-bond donors (Lipinski definition) is 0. The predicted octanol–water partition coefficient (Wildman–Crippen LogP) is 15.1. The van der Waals surface area contributed by atoms with Gasteiger partial charge in [0, 0.05) is 19.3 Å². The topological polar surface area (TPSA) is 102 Å². The minimum absolute atomic E-state index is 0.0500. The molecule has 0 aromatic heterocycles. The van der Waals surface area contributed by atoms with Crippen molar-refractivity contribution in [2.45, 2.75) is 302 Å². The van der Waals surface area contributed by atoms with Gasteiger partial charge in [-0.1, -0.05) is 258 Å². The highest BCUT2D eigenvalue weighted by molar-refractivity contribution is 5.70. The van der Waals surface area contributed by atoms with Crippen molar-refractivity contribution in [3.05, 3.63) is 0 Å². The van der Waals surface area contributed by atoms with Crippen LogP contribution >= 0.6 is 0 Å². The zero-order valence-corrected chi connectivity index (χ0v) is 43.5. The van der Waals surface area contributed by atoms with Gasteiger partial charge in [0.15, 0.2) is 6.10 Å². The number of carbonyl (C=O) groups excluding carboxylic acids is 3. The fourth-order valence-electron chi connectivity index (χ4n) is 8.90. The highest BCUT2D eigenvalue weighted by atomic mass is 16.6. The molecule has 0 saturated carbocycles. The summed E-state index contributed by atoms with van der Waals surface area (Å²) in [6.07, 6.45) is 52.9. The van der Waals surface area contributed by atoms with E-state index in [0.29, 0.717) is 12.8 Å². The monoisotopic (exact) mass is 908 g/mol. The third kappa shape index (κ3) is 45.5. The van der Waals surface area contributed by atoms with Gasteiger partial charge in [-0.2, -0.15) is 0 Å². The van der Waals surface area contributed by atoms with Crippen molar-refractivity contribution in [2.24, 2.45) is 0 Å². The average molecular weight is 908 g/mol. The van der Waals surface area contributed by atoms with Crippen LogP contribution in [-0.2, 0) is 28.6 Å². The quantitative estimate of drug-likeness (QED) is 0.0340. The number of likely N-dealkylation sites (N-methyl/N-ethyl adjacent to an activating group) is 1. The van der Waals surface area contributed by atoms with E-state index in [9.17, 15) is 19.5 Å². The molecule has 0 aliphatic rings. The van der Waals surface area contributed by atoms with Gasteiger partial charge in [-0.25, -0.2) is 0 Å². The largest absolute Gasteiger partial charge is 0.544 e. The van der Waals surface area contributed by atoms with Crippen LogP contribution in [0.5, 0.6) is 0 Å². The second-order valence-electron chi connectivity index (χ2n) is 20.5. The lowest BCUT2D eigenvalue weighted by Gasteiger charge is -2.34. The normalized spacial score (nSPS) is 12.7. The first kappa shape index (κ1) is 62.3. The van der Waals surface area contributed by atoms with E-state index in [0.717, 1.165) is 38.5 Å². The molecule has 0 amide bonds. The maximum Gasteiger partial charge on any atom is 0.306 e. The second-order valence-corrected chi connectivity index (χ2v) is 20.5. The number of carboxylic acid groups (broad SMARTS) is 1. The van der Waals surface area contributed by atoms with E-state index in [4.69, 9.17) is 14.2 Å². The molecule has 2 unspecified atom stereocenters. The third-order valence-corrected chi connectivity index (χ3v) is 13.2. The summed E-state index contributed by atoms with van der Waals surface area (Å²) in [7, 11) is 5.44. The molecular weight excluding hydrogens is 799 g/mol. The molecule has 380 valence electrons. The number of rotatable bonds is 52. The maximum atomic E-state index is 12.8. The summed E-state index contributed by atoms with van der Waals surface area (Å²) in [4.78, 5) is 37.1. The summed E-state index contributed by atoms with van der Waals surface area (Å²) in [5, 5.41) is 11.7. The molecule has 0 saturated heterocycles. The Labute approximate surface area is 397 Å². The SMILES string of the molecule is CCCCCCCCCCCCCCCCCCCCCCCCCCC(=O)OC(COCCC(C(=O)[O-])[N+](C)(C)C)COC(=O)CCCCCCCCCCCCCCCCCC. The van der Waals surface area contributed by atoms with Crippen LogP contribution in [0.1, 0.15) is 290 Å². The first-order valence-electron chi connectivity index (χ1n) is 28.1. The van der Waals surface area contributed by atoms with Crippen LogP contribution < -0.4 is 5.11 Å². The lowest BCUT2D eigenvalue weighted by molar-refractivity contribution is -0.889. The molecule has 0 N–H and O–H groups in total. The highest BCUT2D eigenvalue weighted by Gasteiger charge is 2.25. The van der Waals surface area contributed by atoms with Gasteiger partial charge < -0.3 is 28.6 Å². The summed E-state index contributed by atoms with van der Waals surface area (Å²) in [5.74, 6) is -1.70. The Morgan fingerprint density at radius 1 is 0.406 bits per heavy atom. The fraction of sp³-hybridized carbons (Fsp3) is 0.946. The van der Waals surface area contributed by atoms with E-state index in [1.165, 1.54) is 218 Å². The zero-order valence-electron chi connectivity index (χ0n) is 43.5. The van der Waals surface area contributed by atoms with Crippen LogP contribution in [0.2, 0.25) is 0 Å². The Bertz CT molecular complexity index is 1010. The van der Waals surface area contributed by atoms with Crippen molar-refractivity contribution in [2.75, 3.05) is 41.0 Å². The molecule has 0 aromatic rings. The van der Waals surface area contributed by atoms with E-state index in [1.807, 2.05) is 21.1 Å². The number of carboxylic acids is 1. The van der Waals surface area contributed by atoms with Crippen molar-refractivity contribution in [1.29, 1.82) is 0 Å². The van der Waals surface area contributed by atoms with Gasteiger partial charge in [0.2, 0.25) is 0 Å². The van der Waals surface area contributed by atoms with Crippen LogP contribution in [0, 0.1) is 0 Å². The lowest BCUT2D eigenvalue weighted by atomic mass is 10.0. The minimum Gasteiger partial charge on any atom is -0.544 e. The molecule has 0 aliphatic carbocycles. The molecule has 0 aliphatic heterocycles. The van der Waals surface area contributed by atoms with Crippen molar-refractivity contribution >= 4 is 17.9 Å². The predicted molar refractivity (Wildman–Crippen MR) is 268 cm³/mol. The zero-order chi connectivity index (χ0) is 47.0. The van der Waals surface area contributed by atoms with Gasteiger partial charge in [-0.15, -0.1) is 0 Å². The molecule has 0 fully saturated rings. The number of aliphatic carboxylic acids is 1. The molecule has 0 radical (unpaired) electrons. The highest BCUT2D eigenvalue weighted by Crippen LogP contribution is 2.18. The Balaban J connectivity index is 4.10. The van der Waals surface area contributed by atoms with E-state index in [1.54, 1.807) is 0 Å². The number of quaternary nitrogens is 1. The van der Waals surface area contributed by atoms with Gasteiger partial charge in [0.1, 0.15) is 12.6 Å². The van der Waals surface area contributed by atoms with E-state index < -0.39 is 18.1 Å². The van der Waals surface area contributed by atoms with Gasteiger partial charge >= 0.3 is 11.9 Å². The molecule has 0 bridgehead atoms. The maximum absolute atomic E-state index is 12.8. The first-order chi connectivity index (χ1) is 31.1. The third-order valence-electron chi connectivity index (χ3n) is 13.2. The molecule has 2 atom stereocenters. The second kappa shape index (κ2) is 47.8.